The minimum absolute atomic E-state index is 0.469. The van der Waals surface area contributed by atoms with Crippen molar-refractivity contribution in [2.75, 3.05) is 6.61 Å². The Kier molecular flexibility index (Phi) is 9.25. The minimum Gasteiger partial charge on any atom is -0.416 e. The lowest BCUT2D eigenvalue weighted by atomic mass is 9.95. The van der Waals surface area contributed by atoms with Crippen LogP contribution in [0.2, 0.25) is 16.6 Å². The van der Waals surface area contributed by atoms with Gasteiger partial charge in [-0.3, -0.25) is 0 Å². The van der Waals surface area contributed by atoms with E-state index in [1.54, 1.807) is 0 Å². The first-order valence-corrected chi connectivity index (χ1v) is 10.6. The molecule has 0 spiro atoms. The second-order valence-corrected chi connectivity index (χ2v) is 12.5. The van der Waals surface area contributed by atoms with Gasteiger partial charge in [-0.05, 0) is 35.9 Å². The van der Waals surface area contributed by atoms with Gasteiger partial charge in [0.25, 0.3) is 0 Å². The molecule has 1 nitrogen and oxygen atoms in total. The highest BCUT2D eigenvalue weighted by Crippen LogP contribution is 2.42. The van der Waals surface area contributed by atoms with E-state index in [2.05, 4.69) is 67.4 Å². The van der Waals surface area contributed by atoms with Gasteiger partial charge in [-0.1, -0.05) is 60.1 Å². The van der Waals surface area contributed by atoms with E-state index in [-0.39, 0.29) is 0 Å². The summed E-state index contributed by atoms with van der Waals surface area (Å²) in [5.41, 5.74) is 3.38. The van der Waals surface area contributed by atoms with Gasteiger partial charge in [-0.2, -0.15) is 0 Å². The van der Waals surface area contributed by atoms with Crippen LogP contribution in [-0.4, -0.2) is 14.9 Å². The Bertz CT molecular complexity index is 338. The molecule has 21 heavy (non-hydrogen) atoms. The van der Waals surface area contributed by atoms with E-state index in [1.807, 2.05) is 0 Å². The van der Waals surface area contributed by atoms with E-state index in [0.29, 0.717) is 22.5 Å². The van der Waals surface area contributed by atoms with Crippen molar-refractivity contribution in [2.45, 2.75) is 84.9 Å². The summed E-state index contributed by atoms with van der Waals surface area (Å²) in [6, 6.07) is 0. The van der Waals surface area contributed by atoms with Crippen molar-refractivity contribution < 1.29 is 4.43 Å². The van der Waals surface area contributed by atoms with E-state index in [1.165, 1.54) is 5.57 Å². The van der Waals surface area contributed by atoms with Crippen LogP contribution in [0.5, 0.6) is 0 Å². The minimum atomic E-state index is -1.73. The highest BCUT2D eigenvalue weighted by molar-refractivity contribution is 6.77. The van der Waals surface area contributed by atoms with Crippen molar-refractivity contribution in [1.29, 1.82) is 0 Å². The molecule has 0 saturated carbocycles. The first-order chi connectivity index (χ1) is 9.73. The Morgan fingerprint density at radius 3 is 1.86 bits per heavy atom. The van der Waals surface area contributed by atoms with Crippen molar-refractivity contribution in [3.05, 3.63) is 11.6 Å². The standard InChI is InChI=1S/C19H36OSi/c1-10-12-18(9)19(11-2)13-14-20-21(15(3)4,16(5)6)17(7)8/h1,11,15-18H,12-14H2,2-9H3/b19-11+. The molecule has 0 aromatic carbocycles. The second kappa shape index (κ2) is 9.49. The molecule has 0 aliphatic carbocycles. The predicted molar refractivity (Wildman–Crippen MR) is 98.0 cm³/mol. The van der Waals surface area contributed by atoms with E-state index < -0.39 is 8.32 Å². The molecule has 0 aliphatic rings. The molecular weight excluding hydrogens is 272 g/mol. The molecule has 0 rings (SSSR count). The fraction of sp³-hybridized carbons (Fsp3) is 0.789. The smallest absolute Gasteiger partial charge is 0.200 e. The quantitative estimate of drug-likeness (QED) is 0.281. The van der Waals surface area contributed by atoms with Gasteiger partial charge in [0.15, 0.2) is 8.32 Å². The normalized spacial score (nSPS) is 14.9. The van der Waals surface area contributed by atoms with Crippen LogP contribution in [0.1, 0.15) is 68.2 Å². The maximum Gasteiger partial charge on any atom is 0.200 e. The zero-order valence-electron chi connectivity index (χ0n) is 15.5. The molecule has 0 aromatic heterocycles. The Labute approximate surface area is 134 Å². The fourth-order valence-corrected chi connectivity index (χ4v) is 9.28. The molecule has 1 atom stereocenters. The lowest BCUT2D eigenvalue weighted by Crippen LogP contribution is -2.48. The molecule has 0 bridgehead atoms. The molecule has 0 fully saturated rings. The molecule has 0 aromatic rings. The lowest BCUT2D eigenvalue weighted by Gasteiger charge is -2.42. The zero-order valence-corrected chi connectivity index (χ0v) is 16.5. The van der Waals surface area contributed by atoms with Gasteiger partial charge in [-0.15, -0.1) is 12.3 Å². The van der Waals surface area contributed by atoms with Crippen LogP contribution in [-0.2, 0) is 4.43 Å². The van der Waals surface area contributed by atoms with Crippen LogP contribution < -0.4 is 0 Å². The molecule has 0 aliphatic heterocycles. The van der Waals surface area contributed by atoms with Crippen LogP contribution in [0.25, 0.3) is 0 Å². The Morgan fingerprint density at radius 2 is 1.52 bits per heavy atom. The number of allylic oxidation sites excluding steroid dienone is 1. The Morgan fingerprint density at radius 1 is 1.05 bits per heavy atom. The summed E-state index contributed by atoms with van der Waals surface area (Å²) in [6.45, 7) is 19.2. The van der Waals surface area contributed by atoms with Crippen molar-refractivity contribution >= 4 is 8.32 Å². The number of hydrogen-bond acceptors (Lipinski definition) is 1. The zero-order chi connectivity index (χ0) is 16.6. The summed E-state index contributed by atoms with van der Waals surface area (Å²) < 4.78 is 6.62. The van der Waals surface area contributed by atoms with E-state index in [0.717, 1.165) is 19.4 Å². The summed E-state index contributed by atoms with van der Waals surface area (Å²) in [5.74, 6) is 3.24. The molecule has 0 amide bonds. The van der Waals surface area contributed by atoms with Crippen molar-refractivity contribution in [1.82, 2.24) is 0 Å². The first kappa shape index (κ1) is 20.5. The average molecular weight is 309 g/mol. The van der Waals surface area contributed by atoms with E-state index in [9.17, 15) is 0 Å². The predicted octanol–water partition coefficient (Wildman–Crippen LogP) is 6.17. The van der Waals surface area contributed by atoms with Crippen molar-refractivity contribution in [3.63, 3.8) is 0 Å². The number of terminal acetylenes is 1. The lowest BCUT2D eigenvalue weighted by molar-refractivity contribution is 0.277. The molecule has 0 radical (unpaired) electrons. The molecule has 0 N–H and O–H groups in total. The van der Waals surface area contributed by atoms with Gasteiger partial charge >= 0.3 is 0 Å². The fourth-order valence-electron chi connectivity index (χ4n) is 3.83. The maximum atomic E-state index is 6.62. The molecular formula is C19H36OSi. The topological polar surface area (TPSA) is 9.23 Å². The average Bonchev–Trinajstić information content (AvgIpc) is 2.37. The van der Waals surface area contributed by atoms with E-state index in [4.69, 9.17) is 10.8 Å². The van der Waals surface area contributed by atoms with Gasteiger partial charge < -0.3 is 4.43 Å². The summed E-state index contributed by atoms with van der Waals surface area (Å²) >= 11 is 0. The molecule has 2 heteroatoms. The van der Waals surface area contributed by atoms with Crippen molar-refractivity contribution in [2.24, 2.45) is 5.92 Å². The summed E-state index contributed by atoms with van der Waals surface area (Å²) in [6.07, 6.45) is 9.49. The Hall–Kier alpha value is -0.523. The maximum absolute atomic E-state index is 6.62. The number of hydrogen-bond donors (Lipinski definition) is 0. The van der Waals surface area contributed by atoms with Crippen LogP contribution in [0, 0.1) is 18.3 Å². The number of rotatable bonds is 9. The summed E-state index contributed by atoms with van der Waals surface area (Å²) in [7, 11) is -1.73. The molecule has 122 valence electrons. The third-order valence-electron chi connectivity index (χ3n) is 4.88. The third-order valence-corrected chi connectivity index (χ3v) is 11.0. The van der Waals surface area contributed by atoms with Crippen LogP contribution >= 0.6 is 0 Å². The van der Waals surface area contributed by atoms with Gasteiger partial charge in [0.2, 0.25) is 0 Å². The van der Waals surface area contributed by atoms with Gasteiger partial charge in [0.1, 0.15) is 0 Å². The SMILES string of the molecule is C#CCC(C)/C(=C/C)CCO[Si](C(C)C)(C(C)C)C(C)C. The molecule has 0 saturated heterocycles. The van der Waals surface area contributed by atoms with Crippen LogP contribution in [0.4, 0.5) is 0 Å². The second-order valence-electron chi connectivity index (χ2n) is 7.09. The van der Waals surface area contributed by atoms with E-state index >= 15 is 0 Å². The van der Waals surface area contributed by atoms with Gasteiger partial charge in [-0.25, -0.2) is 0 Å². The largest absolute Gasteiger partial charge is 0.416 e. The summed E-state index contributed by atoms with van der Waals surface area (Å²) in [5, 5.41) is 0. The summed E-state index contributed by atoms with van der Waals surface area (Å²) in [4.78, 5) is 0. The van der Waals surface area contributed by atoms with Crippen LogP contribution in [0.15, 0.2) is 11.6 Å². The van der Waals surface area contributed by atoms with Gasteiger partial charge in [0, 0.05) is 13.0 Å². The highest BCUT2D eigenvalue weighted by atomic mass is 28.4. The van der Waals surface area contributed by atoms with Crippen molar-refractivity contribution in [3.8, 4) is 12.3 Å². The van der Waals surface area contributed by atoms with Gasteiger partial charge in [0.05, 0.1) is 0 Å². The molecule has 1 unspecified atom stereocenters. The highest BCUT2D eigenvalue weighted by Gasteiger charge is 2.44. The Balaban J connectivity index is 4.83. The molecule has 0 heterocycles. The third kappa shape index (κ3) is 5.31. The monoisotopic (exact) mass is 308 g/mol. The first-order valence-electron chi connectivity index (χ1n) is 8.46. The van der Waals surface area contributed by atoms with Crippen LogP contribution in [0.3, 0.4) is 0 Å².